The van der Waals surface area contributed by atoms with Crippen molar-refractivity contribution in [3.8, 4) is 0 Å². The van der Waals surface area contributed by atoms with Gasteiger partial charge in [-0.15, -0.1) is 0 Å². The molecule has 0 aromatic carbocycles. The molecular formula is C10H22O3. The lowest BCUT2D eigenvalue weighted by Crippen LogP contribution is -2.21. The molecule has 2 atom stereocenters. The van der Waals surface area contributed by atoms with Gasteiger partial charge in [-0.3, -0.25) is 0 Å². The van der Waals surface area contributed by atoms with Gasteiger partial charge in [0.15, 0.2) is 0 Å². The monoisotopic (exact) mass is 190 g/mol. The van der Waals surface area contributed by atoms with Crippen LogP contribution in [0.5, 0.6) is 0 Å². The van der Waals surface area contributed by atoms with Crippen molar-refractivity contribution in [1.29, 1.82) is 0 Å². The van der Waals surface area contributed by atoms with E-state index in [4.69, 9.17) is 14.6 Å². The van der Waals surface area contributed by atoms with Crippen molar-refractivity contribution < 1.29 is 14.6 Å². The van der Waals surface area contributed by atoms with E-state index in [1.54, 1.807) is 6.92 Å². The van der Waals surface area contributed by atoms with Crippen LogP contribution in [0.4, 0.5) is 0 Å². The van der Waals surface area contributed by atoms with Crippen LogP contribution in [0.3, 0.4) is 0 Å². The van der Waals surface area contributed by atoms with Crippen molar-refractivity contribution in [1.82, 2.24) is 0 Å². The van der Waals surface area contributed by atoms with E-state index in [9.17, 15) is 0 Å². The lowest BCUT2D eigenvalue weighted by atomic mass is 10.3. The van der Waals surface area contributed by atoms with Gasteiger partial charge >= 0.3 is 0 Å². The van der Waals surface area contributed by atoms with Gasteiger partial charge in [-0.25, -0.2) is 0 Å². The van der Waals surface area contributed by atoms with Crippen LogP contribution in [-0.2, 0) is 9.47 Å². The molecule has 0 amide bonds. The van der Waals surface area contributed by atoms with E-state index in [-0.39, 0.29) is 6.10 Å². The number of aliphatic hydroxyl groups excluding tert-OH is 1. The number of unbranched alkanes of at least 4 members (excludes halogenated alkanes) is 1. The molecule has 0 bridgehead atoms. The Balaban J connectivity index is 3.15. The summed E-state index contributed by atoms with van der Waals surface area (Å²) in [6.07, 6.45) is 1.94. The number of rotatable bonds is 8. The van der Waals surface area contributed by atoms with Gasteiger partial charge in [-0.2, -0.15) is 0 Å². The number of ether oxygens (including phenoxy) is 2. The summed E-state index contributed by atoms with van der Waals surface area (Å²) in [5.74, 6) is 0. The normalized spacial score (nSPS) is 15.7. The van der Waals surface area contributed by atoms with E-state index in [1.165, 1.54) is 0 Å². The van der Waals surface area contributed by atoms with Crippen molar-refractivity contribution in [2.75, 3.05) is 19.8 Å². The summed E-state index contributed by atoms with van der Waals surface area (Å²) in [5, 5.41) is 8.95. The summed E-state index contributed by atoms with van der Waals surface area (Å²) in [5.41, 5.74) is 0. The van der Waals surface area contributed by atoms with Crippen molar-refractivity contribution >= 4 is 0 Å². The Morgan fingerprint density at radius 1 is 1.23 bits per heavy atom. The van der Waals surface area contributed by atoms with Gasteiger partial charge in [0.05, 0.1) is 25.4 Å². The zero-order valence-electron chi connectivity index (χ0n) is 8.95. The molecule has 13 heavy (non-hydrogen) atoms. The summed E-state index contributed by atoms with van der Waals surface area (Å²) in [6, 6.07) is 0. The predicted octanol–water partition coefficient (Wildman–Crippen LogP) is 1.59. The van der Waals surface area contributed by atoms with Gasteiger partial charge in [-0.1, -0.05) is 13.3 Å². The van der Waals surface area contributed by atoms with Gasteiger partial charge in [0.2, 0.25) is 0 Å². The van der Waals surface area contributed by atoms with Gasteiger partial charge in [0.1, 0.15) is 0 Å². The molecule has 0 heterocycles. The Morgan fingerprint density at radius 2 is 1.92 bits per heavy atom. The second kappa shape index (κ2) is 8.48. The third kappa shape index (κ3) is 9.80. The molecular weight excluding hydrogens is 168 g/mol. The van der Waals surface area contributed by atoms with E-state index < -0.39 is 6.10 Å². The fraction of sp³-hybridized carbons (Fsp3) is 1.00. The third-order valence-electron chi connectivity index (χ3n) is 1.62. The maximum atomic E-state index is 8.95. The molecule has 80 valence electrons. The zero-order valence-corrected chi connectivity index (χ0v) is 8.95. The maximum absolute atomic E-state index is 8.95. The highest BCUT2D eigenvalue weighted by atomic mass is 16.5. The van der Waals surface area contributed by atoms with Crippen LogP contribution in [0.2, 0.25) is 0 Å². The standard InChI is InChI=1S/C10H22O3/c1-4-5-6-12-8-10(3)13-7-9(2)11/h9-11H,4-8H2,1-3H3/t9-,10-/m0/s1. The minimum atomic E-state index is -0.391. The highest BCUT2D eigenvalue weighted by Gasteiger charge is 2.03. The van der Waals surface area contributed by atoms with Crippen LogP contribution in [0.15, 0.2) is 0 Å². The quantitative estimate of drug-likeness (QED) is 0.591. The Bertz CT molecular complexity index is 104. The first-order chi connectivity index (χ1) is 6.16. The second-order valence-electron chi connectivity index (χ2n) is 3.42. The van der Waals surface area contributed by atoms with E-state index >= 15 is 0 Å². The molecule has 3 nitrogen and oxygen atoms in total. The molecule has 3 heteroatoms. The van der Waals surface area contributed by atoms with Crippen molar-refractivity contribution in [2.45, 2.75) is 45.8 Å². The van der Waals surface area contributed by atoms with Gasteiger partial charge in [-0.05, 0) is 20.3 Å². The molecule has 0 spiro atoms. The largest absolute Gasteiger partial charge is 0.391 e. The molecule has 0 aliphatic heterocycles. The fourth-order valence-corrected chi connectivity index (χ4v) is 0.847. The Kier molecular flexibility index (Phi) is 8.40. The summed E-state index contributed by atoms with van der Waals surface area (Å²) in [6.45, 7) is 7.61. The molecule has 0 aromatic rings. The molecule has 0 aliphatic carbocycles. The highest BCUT2D eigenvalue weighted by Crippen LogP contribution is 1.95. The molecule has 0 fully saturated rings. The lowest BCUT2D eigenvalue weighted by molar-refractivity contribution is -0.0367. The zero-order chi connectivity index (χ0) is 10.1. The van der Waals surface area contributed by atoms with E-state index in [2.05, 4.69) is 6.92 Å². The fourth-order valence-electron chi connectivity index (χ4n) is 0.847. The average Bonchev–Trinajstić information content (AvgIpc) is 2.09. The molecule has 1 N–H and O–H groups in total. The first-order valence-electron chi connectivity index (χ1n) is 5.04. The van der Waals surface area contributed by atoms with Gasteiger partial charge in [0.25, 0.3) is 0 Å². The predicted molar refractivity (Wildman–Crippen MR) is 52.8 cm³/mol. The molecule has 0 unspecified atom stereocenters. The summed E-state index contributed by atoms with van der Waals surface area (Å²) >= 11 is 0. The third-order valence-corrected chi connectivity index (χ3v) is 1.62. The average molecular weight is 190 g/mol. The molecule has 0 rings (SSSR count). The van der Waals surface area contributed by atoms with Crippen molar-refractivity contribution in [2.24, 2.45) is 0 Å². The highest BCUT2D eigenvalue weighted by molar-refractivity contribution is 4.50. The Labute approximate surface area is 81.0 Å². The minimum Gasteiger partial charge on any atom is -0.391 e. The molecule has 0 aliphatic rings. The van der Waals surface area contributed by atoms with Crippen LogP contribution in [0.25, 0.3) is 0 Å². The number of hydrogen-bond donors (Lipinski definition) is 1. The van der Waals surface area contributed by atoms with E-state index in [0.29, 0.717) is 13.2 Å². The van der Waals surface area contributed by atoms with Gasteiger partial charge in [0, 0.05) is 6.61 Å². The van der Waals surface area contributed by atoms with Crippen LogP contribution in [0, 0.1) is 0 Å². The summed E-state index contributed by atoms with van der Waals surface area (Å²) in [7, 11) is 0. The lowest BCUT2D eigenvalue weighted by Gasteiger charge is -2.14. The SMILES string of the molecule is CCCCOC[C@H](C)OC[C@H](C)O. The summed E-state index contributed by atoms with van der Waals surface area (Å²) < 4.78 is 10.7. The Hall–Kier alpha value is -0.120. The first kappa shape index (κ1) is 12.9. The van der Waals surface area contributed by atoms with Crippen molar-refractivity contribution in [3.63, 3.8) is 0 Å². The van der Waals surface area contributed by atoms with Gasteiger partial charge < -0.3 is 14.6 Å². The number of hydrogen-bond acceptors (Lipinski definition) is 3. The molecule has 0 aromatic heterocycles. The van der Waals surface area contributed by atoms with Crippen LogP contribution >= 0.6 is 0 Å². The first-order valence-corrected chi connectivity index (χ1v) is 5.04. The smallest absolute Gasteiger partial charge is 0.0781 e. The Morgan fingerprint density at radius 3 is 2.46 bits per heavy atom. The van der Waals surface area contributed by atoms with Crippen LogP contribution in [0.1, 0.15) is 33.6 Å². The molecule has 0 saturated carbocycles. The van der Waals surface area contributed by atoms with Crippen molar-refractivity contribution in [3.05, 3.63) is 0 Å². The van der Waals surface area contributed by atoms with Crippen LogP contribution < -0.4 is 0 Å². The van der Waals surface area contributed by atoms with E-state index in [1.807, 2.05) is 6.92 Å². The molecule has 0 saturated heterocycles. The second-order valence-corrected chi connectivity index (χ2v) is 3.42. The van der Waals surface area contributed by atoms with E-state index in [0.717, 1.165) is 19.4 Å². The van der Waals surface area contributed by atoms with Crippen LogP contribution in [-0.4, -0.2) is 37.1 Å². The molecule has 0 radical (unpaired) electrons. The topological polar surface area (TPSA) is 38.7 Å². The summed E-state index contributed by atoms with van der Waals surface area (Å²) in [4.78, 5) is 0. The number of aliphatic hydroxyl groups is 1. The maximum Gasteiger partial charge on any atom is 0.0781 e. The minimum absolute atomic E-state index is 0.0754.